The number of rotatable bonds is 6. The van der Waals surface area contributed by atoms with Crippen molar-refractivity contribution in [3.8, 4) is 0 Å². The lowest BCUT2D eigenvalue weighted by atomic mass is 10.1. The van der Waals surface area contributed by atoms with Crippen molar-refractivity contribution in [1.29, 1.82) is 0 Å². The lowest BCUT2D eigenvalue weighted by Crippen LogP contribution is -2.27. The number of carboxylic acid groups (broad SMARTS) is 1. The standard InChI is InChI=1S/C12H17NO4S/c1-9-3-5-11(6-4-9)18(16,17)13-8-7-10(2)12(14)15/h3-6,10,13H,7-8H2,1-2H3,(H,14,15). The first-order valence-corrected chi connectivity index (χ1v) is 7.10. The molecule has 0 fully saturated rings. The van der Waals surface area contributed by atoms with Crippen LogP contribution < -0.4 is 4.72 Å². The van der Waals surface area contributed by atoms with E-state index in [4.69, 9.17) is 5.11 Å². The maximum Gasteiger partial charge on any atom is 0.306 e. The van der Waals surface area contributed by atoms with E-state index < -0.39 is 21.9 Å². The Kier molecular flexibility index (Phi) is 4.86. The molecular formula is C12H17NO4S. The molecule has 0 heterocycles. The van der Waals surface area contributed by atoms with Gasteiger partial charge in [0.15, 0.2) is 0 Å². The number of hydrogen-bond acceptors (Lipinski definition) is 3. The number of sulfonamides is 1. The monoisotopic (exact) mass is 271 g/mol. The third kappa shape index (κ3) is 4.12. The van der Waals surface area contributed by atoms with E-state index in [-0.39, 0.29) is 17.9 Å². The highest BCUT2D eigenvalue weighted by Crippen LogP contribution is 2.10. The maximum absolute atomic E-state index is 11.8. The van der Waals surface area contributed by atoms with Crippen molar-refractivity contribution in [3.05, 3.63) is 29.8 Å². The smallest absolute Gasteiger partial charge is 0.306 e. The summed E-state index contributed by atoms with van der Waals surface area (Å²) >= 11 is 0. The molecule has 0 spiro atoms. The zero-order valence-electron chi connectivity index (χ0n) is 10.4. The van der Waals surface area contributed by atoms with Gasteiger partial charge in [-0.15, -0.1) is 0 Å². The third-order valence-corrected chi connectivity index (χ3v) is 4.10. The number of aliphatic carboxylic acids is 1. The molecule has 0 amide bonds. The molecule has 0 aliphatic carbocycles. The second-order valence-electron chi connectivity index (χ2n) is 4.24. The maximum atomic E-state index is 11.8. The van der Waals surface area contributed by atoms with Gasteiger partial charge in [0.05, 0.1) is 10.8 Å². The van der Waals surface area contributed by atoms with E-state index in [1.165, 1.54) is 12.1 Å². The summed E-state index contributed by atoms with van der Waals surface area (Å²) < 4.78 is 26.1. The summed E-state index contributed by atoms with van der Waals surface area (Å²) in [5.74, 6) is -1.49. The number of aryl methyl sites for hydroxylation is 1. The van der Waals surface area contributed by atoms with E-state index >= 15 is 0 Å². The number of benzene rings is 1. The van der Waals surface area contributed by atoms with Gasteiger partial charge in [0.25, 0.3) is 0 Å². The van der Waals surface area contributed by atoms with Crippen molar-refractivity contribution in [2.75, 3.05) is 6.54 Å². The van der Waals surface area contributed by atoms with Gasteiger partial charge < -0.3 is 5.11 Å². The number of carbonyl (C=O) groups is 1. The highest BCUT2D eigenvalue weighted by molar-refractivity contribution is 7.89. The Morgan fingerprint density at radius 2 is 1.89 bits per heavy atom. The predicted molar refractivity (Wildman–Crippen MR) is 67.8 cm³/mol. The molecule has 0 saturated carbocycles. The first-order chi connectivity index (χ1) is 8.33. The van der Waals surface area contributed by atoms with Gasteiger partial charge in [-0.25, -0.2) is 13.1 Å². The number of hydrogen-bond donors (Lipinski definition) is 2. The molecule has 0 aliphatic rings. The van der Waals surface area contributed by atoms with Crippen molar-refractivity contribution in [2.45, 2.75) is 25.2 Å². The quantitative estimate of drug-likeness (QED) is 0.819. The fraction of sp³-hybridized carbons (Fsp3) is 0.417. The van der Waals surface area contributed by atoms with Crippen LogP contribution in [0.4, 0.5) is 0 Å². The highest BCUT2D eigenvalue weighted by Gasteiger charge is 2.15. The van der Waals surface area contributed by atoms with Gasteiger partial charge in [-0.1, -0.05) is 24.6 Å². The Balaban J connectivity index is 2.60. The summed E-state index contributed by atoms with van der Waals surface area (Å²) in [6, 6.07) is 6.49. The predicted octanol–water partition coefficient (Wildman–Crippen LogP) is 1.38. The molecule has 1 aromatic rings. The summed E-state index contributed by atoms with van der Waals surface area (Å²) in [5, 5.41) is 8.68. The van der Waals surface area contributed by atoms with Crippen LogP contribution in [0.15, 0.2) is 29.2 Å². The van der Waals surface area contributed by atoms with E-state index in [2.05, 4.69) is 4.72 Å². The summed E-state index contributed by atoms with van der Waals surface area (Å²) in [7, 11) is -3.54. The van der Waals surface area contributed by atoms with Gasteiger partial charge in [0.1, 0.15) is 0 Å². The molecule has 0 bridgehead atoms. The minimum absolute atomic E-state index is 0.115. The Morgan fingerprint density at radius 3 is 2.39 bits per heavy atom. The Hall–Kier alpha value is -1.40. The van der Waals surface area contributed by atoms with Gasteiger partial charge in [-0.05, 0) is 25.5 Å². The summed E-state index contributed by atoms with van der Waals surface area (Å²) in [5.41, 5.74) is 0.980. The molecule has 2 N–H and O–H groups in total. The molecular weight excluding hydrogens is 254 g/mol. The summed E-state index contributed by atoms with van der Waals surface area (Å²) in [6.07, 6.45) is 0.264. The van der Waals surface area contributed by atoms with Crippen LogP contribution in [0.5, 0.6) is 0 Å². The second-order valence-corrected chi connectivity index (χ2v) is 6.01. The second kappa shape index (κ2) is 5.97. The van der Waals surface area contributed by atoms with Crippen LogP contribution in [0.1, 0.15) is 18.9 Å². The van der Waals surface area contributed by atoms with Crippen molar-refractivity contribution in [3.63, 3.8) is 0 Å². The SMILES string of the molecule is Cc1ccc(S(=O)(=O)NCCC(C)C(=O)O)cc1. The van der Waals surface area contributed by atoms with Crippen LogP contribution in [-0.4, -0.2) is 26.0 Å². The molecule has 18 heavy (non-hydrogen) atoms. The van der Waals surface area contributed by atoms with E-state index in [0.717, 1.165) is 5.56 Å². The van der Waals surface area contributed by atoms with Crippen molar-refractivity contribution in [2.24, 2.45) is 5.92 Å². The molecule has 5 nitrogen and oxygen atoms in total. The van der Waals surface area contributed by atoms with E-state index in [9.17, 15) is 13.2 Å². The molecule has 6 heteroatoms. The fourth-order valence-electron chi connectivity index (χ4n) is 1.33. The van der Waals surface area contributed by atoms with Crippen LogP contribution in [0.2, 0.25) is 0 Å². The Labute approximate surface area is 107 Å². The highest BCUT2D eigenvalue weighted by atomic mass is 32.2. The average molecular weight is 271 g/mol. The molecule has 1 unspecified atom stereocenters. The first kappa shape index (κ1) is 14.7. The van der Waals surface area contributed by atoms with Crippen molar-refractivity contribution in [1.82, 2.24) is 4.72 Å². The van der Waals surface area contributed by atoms with Crippen LogP contribution in [-0.2, 0) is 14.8 Å². The lowest BCUT2D eigenvalue weighted by molar-refractivity contribution is -0.141. The topological polar surface area (TPSA) is 83.5 Å². The zero-order valence-corrected chi connectivity index (χ0v) is 11.2. The van der Waals surface area contributed by atoms with Gasteiger partial charge >= 0.3 is 5.97 Å². The average Bonchev–Trinajstić information content (AvgIpc) is 2.29. The number of carboxylic acids is 1. The molecule has 1 rings (SSSR count). The van der Waals surface area contributed by atoms with Gasteiger partial charge in [0, 0.05) is 6.54 Å². The molecule has 0 aromatic heterocycles. The largest absolute Gasteiger partial charge is 0.481 e. The molecule has 0 radical (unpaired) electrons. The molecule has 1 aromatic carbocycles. The van der Waals surface area contributed by atoms with Gasteiger partial charge in [-0.2, -0.15) is 0 Å². The van der Waals surface area contributed by atoms with Gasteiger partial charge in [-0.3, -0.25) is 4.79 Å². The van der Waals surface area contributed by atoms with Crippen LogP contribution in [0.3, 0.4) is 0 Å². The Bertz CT molecular complexity index is 507. The van der Waals surface area contributed by atoms with E-state index in [0.29, 0.717) is 0 Å². The first-order valence-electron chi connectivity index (χ1n) is 5.62. The van der Waals surface area contributed by atoms with Crippen molar-refractivity contribution >= 4 is 16.0 Å². The van der Waals surface area contributed by atoms with Crippen LogP contribution in [0.25, 0.3) is 0 Å². The molecule has 100 valence electrons. The number of nitrogens with one attached hydrogen (secondary N) is 1. The van der Waals surface area contributed by atoms with Crippen LogP contribution >= 0.6 is 0 Å². The normalized spacial score (nSPS) is 13.2. The lowest BCUT2D eigenvalue weighted by Gasteiger charge is -2.09. The molecule has 0 aliphatic heterocycles. The van der Waals surface area contributed by atoms with Crippen LogP contribution in [0, 0.1) is 12.8 Å². The summed E-state index contributed by atoms with van der Waals surface area (Å²) in [6.45, 7) is 3.53. The Morgan fingerprint density at radius 1 is 1.33 bits per heavy atom. The minimum atomic E-state index is -3.54. The third-order valence-electron chi connectivity index (χ3n) is 2.62. The molecule has 1 atom stereocenters. The van der Waals surface area contributed by atoms with Gasteiger partial charge in [0.2, 0.25) is 10.0 Å². The summed E-state index contributed by atoms with van der Waals surface area (Å²) in [4.78, 5) is 10.8. The fourth-order valence-corrected chi connectivity index (χ4v) is 2.38. The zero-order chi connectivity index (χ0) is 13.8. The minimum Gasteiger partial charge on any atom is -0.481 e. The van der Waals surface area contributed by atoms with Crippen molar-refractivity contribution < 1.29 is 18.3 Å². The molecule has 0 saturated heterocycles. The van der Waals surface area contributed by atoms with E-state index in [1.54, 1.807) is 19.1 Å². The van der Waals surface area contributed by atoms with E-state index in [1.807, 2.05) is 6.92 Å².